The molecule has 3 unspecified atom stereocenters. The van der Waals surface area contributed by atoms with Crippen molar-refractivity contribution in [2.75, 3.05) is 0 Å². The van der Waals surface area contributed by atoms with E-state index in [0.717, 1.165) is 17.2 Å². The molecule has 2 bridgehead atoms. The molecule has 0 saturated heterocycles. The maximum atomic E-state index is 10.5. The van der Waals surface area contributed by atoms with Gasteiger partial charge in [0.15, 0.2) is 0 Å². The zero-order chi connectivity index (χ0) is 16.1. The first-order valence-electron chi connectivity index (χ1n) is 8.57. The monoisotopic (exact) mass is 314 g/mol. The molecule has 0 N–H and O–H groups in total. The van der Waals surface area contributed by atoms with Crippen LogP contribution in [0.4, 0.5) is 0 Å². The summed E-state index contributed by atoms with van der Waals surface area (Å²) >= 11 is 0. The van der Waals surface area contributed by atoms with Gasteiger partial charge in [0.25, 0.3) is 6.47 Å². The molecular weight excluding hydrogens is 296 g/mol. The van der Waals surface area contributed by atoms with E-state index in [1.54, 1.807) is 0 Å². The Morgan fingerprint density at radius 1 is 0.875 bits per heavy atom. The van der Waals surface area contributed by atoms with E-state index < -0.39 is 0 Å². The van der Waals surface area contributed by atoms with Gasteiger partial charge in [-0.05, 0) is 69.8 Å². The molecule has 2 aliphatic carbocycles. The van der Waals surface area contributed by atoms with Crippen molar-refractivity contribution in [1.29, 1.82) is 0 Å². The summed E-state index contributed by atoms with van der Waals surface area (Å²) in [5.74, 6) is 2.80. The lowest BCUT2D eigenvalue weighted by Gasteiger charge is -2.19. The molecule has 2 aliphatic rings. The van der Waals surface area contributed by atoms with Crippen LogP contribution in [0.5, 0.6) is 5.75 Å². The second-order valence-corrected chi connectivity index (χ2v) is 7.03. The van der Waals surface area contributed by atoms with Crippen LogP contribution in [0.15, 0.2) is 60.7 Å². The predicted octanol–water partition coefficient (Wildman–Crippen LogP) is 5.21. The molecule has 0 aliphatic heterocycles. The fourth-order valence-electron chi connectivity index (χ4n) is 4.59. The number of benzene rings is 3. The maximum absolute atomic E-state index is 10.5. The lowest BCUT2D eigenvalue weighted by molar-refractivity contribution is -0.120. The molecule has 0 radical (unpaired) electrons. The number of hydrogen-bond donors (Lipinski definition) is 0. The number of allylic oxidation sites excluding steroid dienone is 2. The van der Waals surface area contributed by atoms with E-state index in [1.165, 1.54) is 34.6 Å². The van der Waals surface area contributed by atoms with Gasteiger partial charge in [-0.3, -0.25) is 4.79 Å². The van der Waals surface area contributed by atoms with Crippen molar-refractivity contribution in [3.63, 3.8) is 0 Å². The van der Waals surface area contributed by atoms with Crippen molar-refractivity contribution in [3.8, 4) is 5.75 Å². The Labute approximate surface area is 140 Å². The number of rotatable bonds is 3. The van der Waals surface area contributed by atoms with Crippen molar-refractivity contribution in [2.45, 2.75) is 18.8 Å². The highest BCUT2D eigenvalue weighted by Crippen LogP contribution is 2.49. The molecule has 3 aromatic carbocycles. The van der Waals surface area contributed by atoms with Crippen molar-refractivity contribution in [3.05, 3.63) is 66.2 Å². The molecule has 0 spiro atoms. The molecular formula is C22H18O2. The molecule has 1 saturated carbocycles. The summed E-state index contributed by atoms with van der Waals surface area (Å²) in [5, 5.41) is 4.84. The summed E-state index contributed by atoms with van der Waals surface area (Å²) in [4.78, 5) is 10.5. The third kappa shape index (κ3) is 2.06. The first-order chi connectivity index (χ1) is 11.8. The van der Waals surface area contributed by atoms with Crippen molar-refractivity contribution in [2.24, 2.45) is 11.8 Å². The zero-order valence-electron chi connectivity index (χ0n) is 13.3. The van der Waals surface area contributed by atoms with Crippen molar-refractivity contribution >= 4 is 28.0 Å². The Morgan fingerprint density at radius 2 is 1.67 bits per heavy atom. The molecule has 118 valence electrons. The summed E-state index contributed by atoms with van der Waals surface area (Å²) in [6, 6.07) is 17.0. The molecule has 1 fully saturated rings. The molecule has 2 heteroatoms. The van der Waals surface area contributed by atoms with Crippen molar-refractivity contribution in [1.82, 2.24) is 0 Å². The first kappa shape index (κ1) is 13.8. The minimum Gasteiger partial charge on any atom is -0.429 e. The Kier molecular flexibility index (Phi) is 2.99. The average molecular weight is 314 g/mol. The smallest absolute Gasteiger partial charge is 0.298 e. The van der Waals surface area contributed by atoms with E-state index in [9.17, 15) is 4.79 Å². The SMILES string of the molecule is O=COc1ccc2c(ccc3cc(C4CC5C=CC4C5)ccc32)c1. The summed E-state index contributed by atoms with van der Waals surface area (Å²) in [6.45, 7) is 0.470. The van der Waals surface area contributed by atoms with Crippen LogP contribution in [0.1, 0.15) is 24.3 Å². The molecule has 3 aromatic rings. The van der Waals surface area contributed by atoms with E-state index in [0.29, 0.717) is 18.1 Å². The van der Waals surface area contributed by atoms with Gasteiger partial charge in [-0.1, -0.05) is 48.6 Å². The Bertz CT molecular complexity index is 986. The third-order valence-corrected chi connectivity index (χ3v) is 5.72. The number of carbonyl (C=O) groups is 1. The van der Waals surface area contributed by atoms with Crippen LogP contribution in [0.3, 0.4) is 0 Å². The van der Waals surface area contributed by atoms with Crippen molar-refractivity contribution < 1.29 is 9.53 Å². The van der Waals surface area contributed by atoms with Crippen LogP contribution >= 0.6 is 0 Å². The minimum atomic E-state index is 0.470. The second kappa shape index (κ2) is 5.20. The van der Waals surface area contributed by atoms with Crippen LogP contribution in [-0.2, 0) is 4.79 Å². The van der Waals surface area contributed by atoms with Crippen LogP contribution in [-0.4, -0.2) is 6.47 Å². The van der Waals surface area contributed by atoms with Gasteiger partial charge in [0, 0.05) is 0 Å². The van der Waals surface area contributed by atoms with Gasteiger partial charge >= 0.3 is 0 Å². The van der Waals surface area contributed by atoms with E-state index in [2.05, 4.69) is 42.5 Å². The lowest BCUT2D eigenvalue weighted by atomic mass is 9.85. The molecule has 5 rings (SSSR count). The summed E-state index contributed by atoms with van der Waals surface area (Å²) in [5.41, 5.74) is 1.47. The standard InChI is InChI=1S/C22H18O2/c23-13-24-19-6-8-21-18(12-19)4-3-16-11-17(5-7-20(16)21)22-10-14-1-2-15(22)9-14/h1-8,11-15,22H,9-10H2. The highest BCUT2D eigenvalue weighted by molar-refractivity contribution is 6.08. The summed E-state index contributed by atoms with van der Waals surface area (Å²) in [7, 11) is 0. The first-order valence-corrected chi connectivity index (χ1v) is 8.57. The van der Waals surface area contributed by atoms with Gasteiger partial charge in [0.2, 0.25) is 0 Å². The Balaban J connectivity index is 1.60. The van der Waals surface area contributed by atoms with Crippen LogP contribution < -0.4 is 4.74 Å². The molecule has 3 atom stereocenters. The van der Waals surface area contributed by atoms with Gasteiger partial charge < -0.3 is 4.74 Å². The summed E-state index contributed by atoms with van der Waals surface area (Å²) < 4.78 is 4.95. The molecule has 2 nitrogen and oxygen atoms in total. The topological polar surface area (TPSA) is 26.3 Å². The minimum absolute atomic E-state index is 0.470. The van der Waals surface area contributed by atoms with E-state index >= 15 is 0 Å². The molecule has 0 aromatic heterocycles. The second-order valence-electron chi connectivity index (χ2n) is 7.03. The fraction of sp³-hybridized carbons (Fsp3) is 0.227. The molecule has 0 heterocycles. The number of hydrogen-bond acceptors (Lipinski definition) is 2. The van der Waals surface area contributed by atoms with Gasteiger partial charge in [0.05, 0.1) is 0 Å². The highest BCUT2D eigenvalue weighted by atomic mass is 16.5. The van der Waals surface area contributed by atoms with E-state index in [4.69, 9.17) is 4.74 Å². The number of ether oxygens (including phenoxy) is 1. The zero-order valence-corrected chi connectivity index (χ0v) is 13.3. The third-order valence-electron chi connectivity index (χ3n) is 5.72. The quantitative estimate of drug-likeness (QED) is 0.377. The van der Waals surface area contributed by atoms with E-state index in [-0.39, 0.29) is 0 Å². The number of carbonyl (C=O) groups excluding carboxylic acids is 1. The van der Waals surface area contributed by atoms with Crippen LogP contribution in [0.25, 0.3) is 21.5 Å². The summed E-state index contributed by atoms with van der Waals surface area (Å²) in [6.07, 6.45) is 7.44. The van der Waals surface area contributed by atoms with E-state index in [1.807, 2.05) is 18.2 Å². The Hall–Kier alpha value is -2.61. The van der Waals surface area contributed by atoms with Gasteiger partial charge in [-0.25, -0.2) is 0 Å². The fourth-order valence-corrected chi connectivity index (χ4v) is 4.59. The van der Waals surface area contributed by atoms with Crippen LogP contribution in [0.2, 0.25) is 0 Å². The normalized spacial score (nSPS) is 24.8. The van der Waals surface area contributed by atoms with Gasteiger partial charge in [-0.15, -0.1) is 0 Å². The predicted molar refractivity (Wildman–Crippen MR) is 96.2 cm³/mol. The van der Waals surface area contributed by atoms with Gasteiger partial charge in [0.1, 0.15) is 5.75 Å². The Morgan fingerprint density at radius 3 is 2.38 bits per heavy atom. The highest BCUT2D eigenvalue weighted by Gasteiger charge is 2.36. The number of fused-ring (bicyclic) bond motifs is 5. The van der Waals surface area contributed by atoms with Gasteiger partial charge in [-0.2, -0.15) is 0 Å². The van der Waals surface area contributed by atoms with Crippen LogP contribution in [0, 0.1) is 11.8 Å². The largest absolute Gasteiger partial charge is 0.429 e. The lowest BCUT2D eigenvalue weighted by Crippen LogP contribution is -2.04. The average Bonchev–Trinajstić information content (AvgIpc) is 3.24. The molecule has 24 heavy (non-hydrogen) atoms. The molecule has 0 amide bonds. The maximum Gasteiger partial charge on any atom is 0.298 e.